The number of methoxy groups -OCH3 is 1. The van der Waals surface area contributed by atoms with Crippen LogP contribution in [0.2, 0.25) is 0 Å². The topological polar surface area (TPSA) is 139 Å². The molecule has 7 rings (SSSR count). The molecule has 1 fully saturated rings. The Labute approximate surface area is 259 Å². The zero-order valence-corrected chi connectivity index (χ0v) is 24.6. The second-order valence-electron chi connectivity index (χ2n) is 10.8. The largest absolute Gasteiger partial charge is 0.505 e. The molecule has 11 heteroatoms. The molecule has 4 aromatic rings. The van der Waals surface area contributed by atoms with Crippen LogP contribution in [0, 0.1) is 0 Å². The number of nitrogens with one attached hydrogen (secondary N) is 2. The Morgan fingerprint density at radius 2 is 1.84 bits per heavy atom. The zero-order chi connectivity index (χ0) is 31.3. The molecule has 3 aliphatic rings. The third kappa shape index (κ3) is 6.67. The molecule has 1 aromatic heterocycles. The van der Waals surface area contributed by atoms with Crippen molar-refractivity contribution in [1.29, 1.82) is 0 Å². The number of benzene rings is 3. The second kappa shape index (κ2) is 13.0. The number of carbonyl (C=O) groups is 3. The first-order valence-corrected chi connectivity index (χ1v) is 14.6. The van der Waals surface area contributed by atoms with Gasteiger partial charge >= 0.3 is 0 Å². The number of pyridine rings is 1. The van der Waals surface area contributed by atoms with Crippen molar-refractivity contribution in [3.8, 4) is 34.1 Å². The van der Waals surface area contributed by atoms with Gasteiger partial charge in [0.2, 0.25) is 0 Å². The van der Waals surface area contributed by atoms with E-state index in [1.807, 2.05) is 18.2 Å². The van der Waals surface area contributed by atoms with Crippen molar-refractivity contribution in [1.82, 2.24) is 20.5 Å². The van der Waals surface area contributed by atoms with E-state index in [9.17, 15) is 19.5 Å². The van der Waals surface area contributed by atoms with Gasteiger partial charge in [-0.3, -0.25) is 14.4 Å². The van der Waals surface area contributed by atoms with E-state index in [0.717, 1.165) is 11.1 Å². The number of ether oxygens (including phenoxy) is 3. The minimum Gasteiger partial charge on any atom is -0.505 e. The van der Waals surface area contributed by atoms with E-state index in [1.54, 1.807) is 66.6 Å². The summed E-state index contributed by atoms with van der Waals surface area (Å²) in [5.41, 5.74) is 2.59. The Morgan fingerprint density at radius 3 is 2.64 bits per heavy atom. The van der Waals surface area contributed by atoms with Crippen molar-refractivity contribution >= 4 is 17.7 Å². The van der Waals surface area contributed by atoms with E-state index >= 15 is 0 Å². The maximum Gasteiger partial charge on any atom is 0.276 e. The Kier molecular flexibility index (Phi) is 8.50. The normalized spacial score (nSPS) is 18.4. The van der Waals surface area contributed by atoms with Crippen LogP contribution in [0.25, 0.3) is 11.1 Å². The van der Waals surface area contributed by atoms with Gasteiger partial charge in [-0.2, -0.15) is 0 Å². The van der Waals surface area contributed by atoms with Crippen molar-refractivity contribution in [3.05, 3.63) is 102 Å². The van der Waals surface area contributed by atoms with E-state index in [1.165, 1.54) is 12.3 Å². The van der Waals surface area contributed by atoms with Crippen molar-refractivity contribution in [2.75, 3.05) is 26.8 Å². The molecule has 230 valence electrons. The number of hydrogen-bond donors (Lipinski definition) is 3. The molecule has 0 unspecified atom stereocenters. The van der Waals surface area contributed by atoms with Gasteiger partial charge in [0.1, 0.15) is 29.1 Å². The highest BCUT2D eigenvalue weighted by Crippen LogP contribution is 2.33. The molecular weight excluding hydrogens is 576 g/mol. The Balaban J connectivity index is 1.34. The number of aromatic nitrogens is 1. The number of fused-ring (bicyclic) bond motifs is 7. The van der Waals surface area contributed by atoms with Crippen LogP contribution in [0.3, 0.4) is 0 Å². The molecule has 11 nitrogen and oxygen atoms in total. The van der Waals surface area contributed by atoms with Crippen LogP contribution in [-0.4, -0.2) is 71.7 Å². The highest BCUT2D eigenvalue weighted by Gasteiger charge is 2.35. The van der Waals surface area contributed by atoms with E-state index in [-0.39, 0.29) is 36.4 Å². The highest BCUT2D eigenvalue weighted by atomic mass is 16.5. The summed E-state index contributed by atoms with van der Waals surface area (Å²) in [5, 5.41) is 16.2. The molecule has 1 saturated heterocycles. The fraction of sp³-hybridized carbons (Fsp3) is 0.235. The van der Waals surface area contributed by atoms with Gasteiger partial charge in [0.15, 0.2) is 12.3 Å². The summed E-state index contributed by atoms with van der Waals surface area (Å²) in [6.45, 7) is 0.623. The summed E-state index contributed by atoms with van der Waals surface area (Å²) in [5.74, 6) is 0.349. The van der Waals surface area contributed by atoms with Crippen LogP contribution in [0.5, 0.6) is 23.0 Å². The quantitative estimate of drug-likeness (QED) is 0.314. The predicted molar refractivity (Wildman–Crippen MR) is 164 cm³/mol. The van der Waals surface area contributed by atoms with Crippen molar-refractivity contribution in [3.63, 3.8) is 0 Å². The summed E-state index contributed by atoms with van der Waals surface area (Å²) in [6, 6.07) is 22.0. The molecule has 3 aliphatic heterocycles. The number of rotatable bonds is 2. The fourth-order valence-electron chi connectivity index (χ4n) is 5.45. The van der Waals surface area contributed by atoms with Gasteiger partial charge in [-0.25, -0.2) is 4.98 Å². The minimum atomic E-state index is -0.590. The molecule has 0 spiro atoms. The number of carbonyl (C=O) groups excluding carboxylic acids is 3. The lowest BCUT2D eigenvalue weighted by Crippen LogP contribution is -2.58. The Hall–Kier alpha value is -5.58. The SMILES string of the molecule is COc1ccc2cc1-c1cccc(c1)OCC(=O)NCc1ccc(cc1)O[C@@H]1CCN(C(=O)c3ncccc3O)C[C@H]1NC2=O. The van der Waals surface area contributed by atoms with E-state index in [4.69, 9.17) is 14.2 Å². The lowest BCUT2D eigenvalue weighted by molar-refractivity contribution is -0.123. The van der Waals surface area contributed by atoms with E-state index in [0.29, 0.717) is 47.9 Å². The predicted octanol–water partition coefficient (Wildman–Crippen LogP) is 3.56. The molecule has 0 saturated carbocycles. The Morgan fingerprint density at radius 1 is 1.00 bits per heavy atom. The van der Waals surface area contributed by atoms with Crippen LogP contribution in [0.1, 0.15) is 32.8 Å². The number of nitrogens with zero attached hydrogens (tertiary/aromatic N) is 2. The van der Waals surface area contributed by atoms with Gasteiger partial charge in [-0.1, -0.05) is 24.3 Å². The smallest absolute Gasteiger partial charge is 0.276 e. The van der Waals surface area contributed by atoms with Crippen LogP contribution >= 0.6 is 0 Å². The maximum atomic E-state index is 13.8. The van der Waals surface area contributed by atoms with Gasteiger partial charge in [-0.15, -0.1) is 0 Å². The van der Waals surface area contributed by atoms with Crippen molar-refractivity contribution < 1.29 is 33.7 Å². The molecule has 3 aromatic carbocycles. The molecule has 0 radical (unpaired) electrons. The van der Waals surface area contributed by atoms with Gasteiger partial charge in [-0.05, 0) is 65.7 Å². The average Bonchev–Trinajstić information content (AvgIpc) is 3.07. The molecule has 3 N–H and O–H groups in total. The summed E-state index contributed by atoms with van der Waals surface area (Å²) in [4.78, 5) is 45.2. The van der Waals surface area contributed by atoms with Crippen LogP contribution < -0.4 is 24.8 Å². The third-order valence-corrected chi connectivity index (χ3v) is 7.82. The maximum absolute atomic E-state index is 13.8. The van der Waals surface area contributed by atoms with Gasteiger partial charge in [0.25, 0.3) is 17.7 Å². The Bertz CT molecular complexity index is 1730. The average molecular weight is 609 g/mol. The number of likely N-dealkylation sites (tertiary alicyclic amines) is 1. The molecule has 0 aliphatic carbocycles. The van der Waals surface area contributed by atoms with Gasteiger partial charge in [0.05, 0.1) is 13.2 Å². The van der Waals surface area contributed by atoms with Gasteiger partial charge < -0.3 is 34.9 Å². The van der Waals surface area contributed by atoms with Crippen LogP contribution in [0.4, 0.5) is 0 Å². The van der Waals surface area contributed by atoms with Crippen LogP contribution in [0.15, 0.2) is 85.1 Å². The van der Waals surface area contributed by atoms with Crippen molar-refractivity contribution in [2.24, 2.45) is 0 Å². The van der Waals surface area contributed by atoms with Gasteiger partial charge in [0, 0.05) is 43.4 Å². The molecule has 3 amide bonds. The first-order valence-electron chi connectivity index (χ1n) is 14.6. The monoisotopic (exact) mass is 608 g/mol. The third-order valence-electron chi connectivity index (χ3n) is 7.82. The number of amides is 3. The summed E-state index contributed by atoms with van der Waals surface area (Å²) in [7, 11) is 1.55. The molecule has 45 heavy (non-hydrogen) atoms. The lowest BCUT2D eigenvalue weighted by Gasteiger charge is -2.38. The molecule has 6 bridgehead atoms. The summed E-state index contributed by atoms with van der Waals surface area (Å²) in [6.07, 6.45) is 1.41. The van der Waals surface area contributed by atoms with E-state index in [2.05, 4.69) is 15.6 Å². The molecular formula is C34H32N4O7. The first-order chi connectivity index (χ1) is 21.9. The number of aromatic hydroxyl groups is 1. The first kappa shape index (κ1) is 29.5. The summed E-state index contributed by atoms with van der Waals surface area (Å²) >= 11 is 0. The second-order valence-corrected chi connectivity index (χ2v) is 10.8. The molecule has 2 atom stereocenters. The highest BCUT2D eigenvalue weighted by molar-refractivity contribution is 5.97. The number of piperidine rings is 1. The lowest BCUT2D eigenvalue weighted by atomic mass is 9.99. The zero-order valence-electron chi connectivity index (χ0n) is 24.6. The molecule has 4 heterocycles. The number of hydrogen-bond acceptors (Lipinski definition) is 8. The fourth-order valence-corrected chi connectivity index (χ4v) is 5.45. The minimum absolute atomic E-state index is 0.0520. The summed E-state index contributed by atoms with van der Waals surface area (Å²) < 4.78 is 17.7. The van der Waals surface area contributed by atoms with Crippen LogP contribution in [-0.2, 0) is 11.3 Å². The van der Waals surface area contributed by atoms with E-state index < -0.39 is 18.1 Å². The standard InChI is InChI=1S/C34H32N4O7/c1-43-29-12-9-23-17-26(29)22-4-2-5-25(16-22)44-20-31(40)36-18-21-7-10-24(11-8-21)45-30-13-15-38(19-27(30)37-33(23)41)34(42)32-28(39)6-3-14-35-32/h2-12,14,16-17,27,30,39H,13,15,18-20H2,1H3,(H,36,40)(H,37,41)/t27-,30-/m1/s1. The van der Waals surface area contributed by atoms with Crippen molar-refractivity contribution in [2.45, 2.75) is 25.1 Å².